The molecule has 2 aliphatic rings. The average Bonchev–Trinajstić information content (AvgIpc) is 3.33. The molecule has 10 nitrogen and oxygen atoms in total. The van der Waals surface area contributed by atoms with Crippen molar-refractivity contribution in [3.05, 3.63) is 59.6 Å². The third kappa shape index (κ3) is 6.07. The minimum atomic E-state index is -0.330. The normalized spacial score (nSPS) is 16.3. The fourth-order valence-electron chi connectivity index (χ4n) is 4.96. The van der Waals surface area contributed by atoms with E-state index in [4.69, 9.17) is 4.42 Å². The van der Waals surface area contributed by atoms with E-state index in [0.29, 0.717) is 17.4 Å². The summed E-state index contributed by atoms with van der Waals surface area (Å²) < 4.78 is 5.82. The van der Waals surface area contributed by atoms with E-state index in [0.717, 1.165) is 68.9 Å². The van der Waals surface area contributed by atoms with Crippen molar-refractivity contribution in [3.8, 4) is 0 Å². The molecule has 3 aromatic rings. The second kappa shape index (κ2) is 11.5. The average molecular weight is 518 g/mol. The first-order valence-electron chi connectivity index (χ1n) is 13.3. The molecule has 4 heterocycles. The summed E-state index contributed by atoms with van der Waals surface area (Å²) >= 11 is 0. The number of anilines is 4. The van der Waals surface area contributed by atoms with Gasteiger partial charge in [-0.05, 0) is 69.7 Å². The van der Waals surface area contributed by atoms with Crippen LogP contribution in [0.5, 0.6) is 0 Å². The number of amides is 3. The molecule has 3 amide bonds. The molecule has 1 aromatic carbocycles. The van der Waals surface area contributed by atoms with Crippen LogP contribution >= 0.6 is 0 Å². The molecular formula is C28H35N7O3. The summed E-state index contributed by atoms with van der Waals surface area (Å²) in [6.45, 7) is 7.13. The van der Waals surface area contributed by atoms with Crippen molar-refractivity contribution in [2.24, 2.45) is 0 Å². The molecule has 0 spiro atoms. The van der Waals surface area contributed by atoms with Crippen molar-refractivity contribution in [3.63, 3.8) is 0 Å². The Balaban J connectivity index is 1.11. The van der Waals surface area contributed by atoms with Crippen LogP contribution in [0.4, 0.5) is 28.0 Å². The summed E-state index contributed by atoms with van der Waals surface area (Å²) in [7, 11) is 0. The van der Waals surface area contributed by atoms with Gasteiger partial charge in [0.15, 0.2) is 0 Å². The molecule has 10 heteroatoms. The van der Waals surface area contributed by atoms with Crippen LogP contribution in [-0.2, 0) is 0 Å². The lowest BCUT2D eigenvalue weighted by atomic mass is 10.1. The molecule has 0 radical (unpaired) electrons. The number of oxazole rings is 1. The van der Waals surface area contributed by atoms with Crippen molar-refractivity contribution in [2.45, 2.75) is 52.0 Å². The van der Waals surface area contributed by atoms with Crippen molar-refractivity contribution in [2.75, 3.05) is 46.6 Å². The van der Waals surface area contributed by atoms with Crippen molar-refractivity contribution >= 4 is 35.1 Å². The van der Waals surface area contributed by atoms with Gasteiger partial charge < -0.3 is 30.2 Å². The lowest BCUT2D eigenvalue weighted by Gasteiger charge is -2.33. The molecule has 38 heavy (non-hydrogen) atoms. The Morgan fingerprint density at radius 1 is 0.921 bits per heavy atom. The number of carbonyl (C=O) groups is 2. The molecule has 2 aliphatic heterocycles. The third-order valence-corrected chi connectivity index (χ3v) is 7.17. The van der Waals surface area contributed by atoms with E-state index in [9.17, 15) is 9.59 Å². The number of hydrogen-bond acceptors (Lipinski definition) is 7. The largest absolute Gasteiger partial charge is 0.418 e. The number of piperidine rings is 2. The highest BCUT2D eigenvalue weighted by atomic mass is 16.4. The van der Waals surface area contributed by atoms with E-state index in [2.05, 4.69) is 35.7 Å². The van der Waals surface area contributed by atoms with Crippen molar-refractivity contribution in [1.82, 2.24) is 15.3 Å². The number of nitrogens with zero attached hydrogens (tertiary/aromatic N) is 4. The van der Waals surface area contributed by atoms with E-state index in [1.807, 2.05) is 43.3 Å². The van der Waals surface area contributed by atoms with Crippen LogP contribution in [-0.4, -0.2) is 54.1 Å². The number of para-hydroxylation sites is 1. The van der Waals surface area contributed by atoms with Gasteiger partial charge in [0.2, 0.25) is 5.76 Å². The first-order valence-corrected chi connectivity index (χ1v) is 13.3. The smallest absolute Gasteiger partial charge is 0.319 e. The van der Waals surface area contributed by atoms with Gasteiger partial charge in [0.05, 0.1) is 17.6 Å². The summed E-state index contributed by atoms with van der Waals surface area (Å²) in [6, 6.07) is 11.9. The predicted molar refractivity (Wildman–Crippen MR) is 148 cm³/mol. The van der Waals surface area contributed by atoms with Crippen molar-refractivity contribution in [1.29, 1.82) is 0 Å². The lowest BCUT2D eigenvalue weighted by Crippen LogP contribution is -2.46. The molecule has 0 unspecified atom stereocenters. The SMILES string of the molecule is Cc1ccccc1NC(=O)NC1CCN(c2ccc(NC(=O)c3oc(N4CCCCC4)nc3C)cn2)CC1. The number of rotatable bonds is 6. The zero-order valence-electron chi connectivity index (χ0n) is 22.0. The van der Waals surface area contributed by atoms with Gasteiger partial charge in [-0.1, -0.05) is 18.2 Å². The first kappa shape index (κ1) is 25.6. The molecule has 0 bridgehead atoms. The molecule has 2 saturated heterocycles. The monoisotopic (exact) mass is 517 g/mol. The highest BCUT2D eigenvalue weighted by Crippen LogP contribution is 2.24. The fourth-order valence-corrected chi connectivity index (χ4v) is 4.96. The second-order valence-corrected chi connectivity index (χ2v) is 9.99. The molecule has 0 atom stereocenters. The van der Waals surface area contributed by atoms with Gasteiger partial charge in [-0.25, -0.2) is 9.78 Å². The van der Waals surface area contributed by atoms with Crippen LogP contribution < -0.4 is 25.8 Å². The minimum absolute atomic E-state index is 0.105. The van der Waals surface area contributed by atoms with Crippen LogP contribution in [0.3, 0.4) is 0 Å². The minimum Gasteiger partial charge on any atom is -0.418 e. The number of hydrogen-bond donors (Lipinski definition) is 3. The molecule has 0 aliphatic carbocycles. The molecular weight excluding hydrogens is 482 g/mol. The zero-order valence-corrected chi connectivity index (χ0v) is 22.0. The van der Waals surface area contributed by atoms with Crippen molar-refractivity contribution < 1.29 is 14.0 Å². The Morgan fingerprint density at radius 3 is 2.39 bits per heavy atom. The van der Waals surface area contributed by atoms with Crippen LogP contribution in [0, 0.1) is 13.8 Å². The van der Waals surface area contributed by atoms with E-state index < -0.39 is 0 Å². The summed E-state index contributed by atoms with van der Waals surface area (Å²) in [5.41, 5.74) is 3.02. The lowest BCUT2D eigenvalue weighted by molar-refractivity contribution is 0.0996. The Kier molecular flexibility index (Phi) is 7.76. The number of pyridine rings is 1. The summed E-state index contributed by atoms with van der Waals surface area (Å²) in [6.07, 6.45) is 6.74. The molecule has 0 saturated carbocycles. The van der Waals surface area contributed by atoms with E-state index in [1.165, 1.54) is 6.42 Å². The number of carbonyl (C=O) groups excluding carboxylic acids is 2. The molecule has 2 aromatic heterocycles. The van der Waals surface area contributed by atoms with Gasteiger partial charge in [0.1, 0.15) is 5.82 Å². The Labute approximate surface area is 222 Å². The Hall–Kier alpha value is -4.08. The van der Waals surface area contributed by atoms with Gasteiger partial charge in [-0.3, -0.25) is 4.79 Å². The maximum atomic E-state index is 12.8. The van der Waals surface area contributed by atoms with Gasteiger partial charge >= 0.3 is 6.03 Å². The standard InChI is InChI=1S/C28H35N7O3/c1-19-8-4-5-9-23(19)33-27(37)32-21-12-16-34(17-13-21)24-11-10-22(18-29-24)31-26(36)25-20(2)30-28(38-25)35-14-6-3-7-15-35/h4-5,8-11,18,21H,3,6-7,12-17H2,1-2H3,(H,31,36)(H2,32,33,37). The van der Waals surface area contributed by atoms with E-state index in [-0.39, 0.29) is 23.7 Å². The topological polar surface area (TPSA) is 116 Å². The van der Waals surface area contributed by atoms with Crippen LogP contribution in [0.15, 0.2) is 47.0 Å². The second-order valence-electron chi connectivity index (χ2n) is 9.99. The third-order valence-electron chi connectivity index (χ3n) is 7.17. The Bertz CT molecular complexity index is 1260. The number of aromatic nitrogens is 2. The predicted octanol–water partition coefficient (Wildman–Crippen LogP) is 4.72. The molecule has 5 rings (SSSR count). The van der Waals surface area contributed by atoms with Gasteiger partial charge in [-0.2, -0.15) is 4.98 Å². The zero-order chi connectivity index (χ0) is 26.5. The Morgan fingerprint density at radius 2 is 1.68 bits per heavy atom. The van der Waals surface area contributed by atoms with Crippen LogP contribution in [0.2, 0.25) is 0 Å². The summed E-state index contributed by atoms with van der Waals surface area (Å²) in [5, 5.41) is 8.88. The maximum absolute atomic E-state index is 12.8. The highest BCUT2D eigenvalue weighted by molar-refractivity contribution is 6.03. The van der Waals surface area contributed by atoms with Crippen LogP contribution in [0.25, 0.3) is 0 Å². The summed E-state index contributed by atoms with van der Waals surface area (Å²) in [4.78, 5) is 38.6. The quantitative estimate of drug-likeness (QED) is 0.433. The molecule has 200 valence electrons. The highest BCUT2D eigenvalue weighted by Gasteiger charge is 2.24. The number of urea groups is 1. The van der Waals surface area contributed by atoms with E-state index in [1.54, 1.807) is 13.1 Å². The summed E-state index contributed by atoms with van der Waals surface area (Å²) in [5.74, 6) is 0.744. The number of benzene rings is 1. The van der Waals surface area contributed by atoms with Gasteiger partial charge in [-0.15, -0.1) is 0 Å². The number of nitrogens with one attached hydrogen (secondary N) is 3. The molecule has 3 N–H and O–H groups in total. The van der Waals surface area contributed by atoms with Crippen LogP contribution in [0.1, 0.15) is 53.9 Å². The van der Waals surface area contributed by atoms with Gasteiger partial charge in [0, 0.05) is 37.9 Å². The number of aryl methyl sites for hydroxylation is 2. The fraction of sp³-hybridized carbons (Fsp3) is 0.429. The molecule has 2 fully saturated rings. The first-order chi connectivity index (χ1) is 18.5. The maximum Gasteiger partial charge on any atom is 0.319 e. The van der Waals surface area contributed by atoms with Gasteiger partial charge in [0.25, 0.3) is 11.9 Å². The van der Waals surface area contributed by atoms with E-state index >= 15 is 0 Å².